The third-order valence-corrected chi connectivity index (χ3v) is 3.50. The largest absolute Gasteiger partial charge is 0.293 e. The zero-order valence-electron chi connectivity index (χ0n) is 13.3. The Morgan fingerprint density at radius 3 is 2.72 bits per heavy atom. The van der Waals surface area contributed by atoms with Gasteiger partial charge in [0, 0.05) is 12.4 Å². The van der Waals surface area contributed by atoms with Gasteiger partial charge in [0.05, 0.1) is 18.5 Å². The van der Waals surface area contributed by atoms with E-state index in [0.717, 1.165) is 5.69 Å². The number of H-pyrrole nitrogens is 1. The van der Waals surface area contributed by atoms with Crippen molar-refractivity contribution in [1.29, 1.82) is 0 Å². The number of nitrogens with one attached hydrogen (secondary N) is 1. The van der Waals surface area contributed by atoms with Gasteiger partial charge in [-0.2, -0.15) is 9.78 Å². The summed E-state index contributed by atoms with van der Waals surface area (Å²) in [5.41, 5.74) is 2.13. The molecule has 1 N–H and O–H groups in total. The van der Waals surface area contributed by atoms with Crippen LogP contribution in [0.1, 0.15) is 11.5 Å². The molecule has 0 bridgehead atoms. The second-order valence-corrected chi connectivity index (χ2v) is 5.12. The molecule has 0 unspecified atom stereocenters. The smallest absolute Gasteiger partial charge is 0.252 e. The van der Waals surface area contributed by atoms with Crippen LogP contribution in [0.2, 0.25) is 0 Å². The number of aryl methyl sites for hydroxylation is 2. The van der Waals surface area contributed by atoms with E-state index < -0.39 is 0 Å². The number of nitrogens with zero attached hydrogens (tertiary/aromatic N) is 10. The molecule has 0 aliphatic carbocycles. The minimum absolute atomic E-state index is 0.246. The second-order valence-electron chi connectivity index (χ2n) is 5.12. The second kappa shape index (κ2) is 5.60. The van der Waals surface area contributed by atoms with Gasteiger partial charge >= 0.3 is 0 Å². The monoisotopic (exact) mass is 333 g/mol. The SMILES string of the molecule is [C-]#[N+]c1cnn(-c2ncccn2)c1N=Nc1c(C)[nH]n2c(C)nnc12. The Kier molecular flexibility index (Phi) is 3.28. The molecule has 0 saturated carbocycles. The van der Waals surface area contributed by atoms with Crippen LogP contribution in [-0.4, -0.2) is 39.6 Å². The van der Waals surface area contributed by atoms with Crippen LogP contribution in [0.15, 0.2) is 34.9 Å². The number of fused-ring (bicyclic) bond motifs is 1. The van der Waals surface area contributed by atoms with Crippen LogP contribution in [0.4, 0.5) is 17.2 Å². The van der Waals surface area contributed by atoms with Gasteiger partial charge in [-0.3, -0.25) is 5.10 Å². The molecule has 4 aromatic rings. The summed E-state index contributed by atoms with van der Waals surface area (Å²) >= 11 is 0. The van der Waals surface area contributed by atoms with Gasteiger partial charge in [-0.1, -0.05) is 0 Å². The normalized spacial score (nSPS) is 11.4. The van der Waals surface area contributed by atoms with Crippen molar-refractivity contribution in [2.24, 2.45) is 10.2 Å². The van der Waals surface area contributed by atoms with Gasteiger partial charge in [0.15, 0.2) is 11.5 Å². The lowest BCUT2D eigenvalue weighted by molar-refractivity contribution is 0.803. The van der Waals surface area contributed by atoms with Crippen molar-refractivity contribution in [2.45, 2.75) is 13.8 Å². The first-order chi connectivity index (χ1) is 12.2. The van der Waals surface area contributed by atoms with Gasteiger partial charge in [0.1, 0.15) is 5.82 Å². The van der Waals surface area contributed by atoms with Crippen LogP contribution in [-0.2, 0) is 0 Å². The summed E-state index contributed by atoms with van der Waals surface area (Å²) in [5.74, 6) is 1.26. The minimum Gasteiger partial charge on any atom is -0.293 e. The van der Waals surface area contributed by atoms with Crippen LogP contribution in [0.25, 0.3) is 16.4 Å². The lowest BCUT2D eigenvalue weighted by atomic mass is 10.4. The number of aromatic nitrogens is 8. The van der Waals surface area contributed by atoms with E-state index in [2.05, 4.69) is 45.4 Å². The molecule has 0 atom stereocenters. The van der Waals surface area contributed by atoms with Crippen LogP contribution in [0, 0.1) is 20.4 Å². The molecule has 11 nitrogen and oxygen atoms in total. The molecule has 0 fully saturated rings. The van der Waals surface area contributed by atoms with Crippen molar-refractivity contribution in [3.05, 3.63) is 47.6 Å². The predicted molar refractivity (Wildman–Crippen MR) is 86.4 cm³/mol. The van der Waals surface area contributed by atoms with Gasteiger partial charge < -0.3 is 0 Å². The van der Waals surface area contributed by atoms with Gasteiger partial charge in [0.25, 0.3) is 11.6 Å². The predicted octanol–water partition coefficient (Wildman–Crippen LogP) is 2.62. The first kappa shape index (κ1) is 14.6. The van der Waals surface area contributed by atoms with Crippen LogP contribution in [0.3, 0.4) is 0 Å². The van der Waals surface area contributed by atoms with E-state index >= 15 is 0 Å². The topological polar surface area (TPSA) is 119 Å². The highest BCUT2D eigenvalue weighted by Gasteiger charge is 2.16. The van der Waals surface area contributed by atoms with Gasteiger partial charge in [-0.25, -0.2) is 19.3 Å². The highest BCUT2D eigenvalue weighted by molar-refractivity contribution is 5.67. The fourth-order valence-corrected chi connectivity index (χ4v) is 2.31. The third-order valence-electron chi connectivity index (χ3n) is 3.50. The van der Waals surface area contributed by atoms with Crippen LogP contribution < -0.4 is 0 Å². The molecule has 0 saturated heterocycles. The van der Waals surface area contributed by atoms with Crippen molar-refractivity contribution < 1.29 is 0 Å². The Bertz CT molecular complexity index is 1120. The standard InChI is InChI=1S/C14H11N11/c1-8-11(13-22-19-9(2)24(13)23-8)20-21-12-10(15-3)7-18-25(12)14-16-5-4-6-17-14/h4-7,23H,1-2H3. The molecule has 4 heterocycles. The fourth-order valence-electron chi connectivity index (χ4n) is 2.31. The van der Waals surface area contributed by atoms with Crippen molar-refractivity contribution in [2.75, 3.05) is 0 Å². The van der Waals surface area contributed by atoms with Gasteiger partial charge in [0.2, 0.25) is 5.65 Å². The highest BCUT2D eigenvalue weighted by atomic mass is 15.4. The summed E-state index contributed by atoms with van der Waals surface area (Å²) in [7, 11) is 0. The molecular weight excluding hydrogens is 322 g/mol. The zero-order valence-corrected chi connectivity index (χ0v) is 13.3. The Morgan fingerprint density at radius 2 is 1.96 bits per heavy atom. The molecule has 11 heteroatoms. The first-order valence-corrected chi connectivity index (χ1v) is 7.24. The summed E-state index contributed by atoms with van der Waals surface area (Å²) in [6.07, 6.45) is 4.57. The summed E-state index contributed by atoms with van der Waals surface area (Å²) in [6, 6.07) is 1.69. The molecule has 0 aromatic carbocycles. The molecule has 0 spiro atoms. The molecule has 0 radical (unpaired) electrons. The molecule has 4 aromatic heterocycles. The van der Waals surface area contributed by atoms with E-state index in [4.69, 9.17) is 6.57 Å². The van der Waals surface area contributed by atoms with Crippen molar-refractivity contribution >= 4 is 22.8 Å². The van der Waals surface area contributed by atoms with E-state index in [1.54, 1.807) is 23.0 Å². The average Bonchev–Trinajstić information content (AvgIpc) is 3.29. The fraction of sp³-hybridized carbons (Fsp3) is 0.143. The van der Waals surface area contributed by atoms with Crippen LogP contribution >= 0.6 is 0 Å². The molecule has 0 amide bonds. The number of hydrogen-bond acceptors (Lipinski definition) is 7. The number of aromatic amines is 1. The maximum absolute atomic E-state index is 7.29. The Balaban J connectivity index is 1.83. The lowest BCUT2D eigenvalue weighted by Gasteiger charge is -2.00. The number of hydrogen-bond donors (Lipinski definition) is 1. The summed E-state index contributed by atoms with van der Waals surface area (Å²) < 4.78 is 3.09. The van der Waals surface area contributed by atoms with E-state index in [1.807, 2.05) is 13.8 Å². The van der Waals surface area contributed by atoms with Crippen molar-refractivity contribution in [3.8, 4) is 5.95 Å². The van der Waals surface area contributed by atoms with Crippen LogP contribution in [0.5, 0.6) is 0 Å². The molecule has 4 rings (SSSR count). The van der Waals surface area contributed by atoms with Gasteiger partial charge in [-0.05, 0) is 19.9 Å². The van der Waals surface area contributed by atoms with Crippen molar-refractivity contribution in [1.82, 2.24) is 39.6 Å². The summed E-state index contributed by atoms with van der Waals surface area (Å²) in [5, 5.41) is 23.8. The Morgan fingerprint density at radius 1 is 1.16 bits per heavy atom. The van der Waals surface area contributed by atoms with E-state index in [9.17, 15) is 0 Å². The molecular formula is C14H11N11. The van der Waals surface area contributed by atoms with E-state index in [-0.39, 0.29) is 11.5 Å². The van der Waals surface area contributed by atoms with Crippen molar-refractivity contribution in [3.63, 3.8) is 0 Å². The Hall–Kier alpha value is -3.94. The first-order valence-electron chi connectivity index (χ1n) is 7.24. The van der Waals surface area contributed by atoms with E-state index in [0.29, 0.717) is 23.1 Å². The van der Waals surface area contributed by atoms with Gasteiger partial charge in [-0.15, -0.1) is 20.4 Å². The maximum atomic E-state index is 7.29. The average molecular weight is 333 g/mol. The zero-order chi connectivity index (χ0) is 17.4. The summed E-state index contributed by atoms with van der Waals surface area (Å²) in [4.78, 5) is 11.7. The number of azo groups is 1. The minimum atomic E-state index is 0.246. The summed E-state index contributed by atoms with van der Waals surface area (Å²) in [6.45, 7) is 11.0. The third kappa shape index (κ3) is 2.32. The Labute approximate surface area is 140 Å². The molecule has 122 valence electrons. The van der Waals surface area contributed by atoms with E-state index in [1.165, 1.54) is 10.9 Å². The quantitative estimate of drug-likeness (QED) is 0.456. The molecule has 0 aliphatic heterocycles. The molecule has 0 aliphatic rings. The highest BCUT2D eigenvalue weighted by Crippen LogP contribution is 2.32. The maximum Gasteiger partial charge on any atom is 0.252 e. The number of rotatable bonds is 3. The molecule has 25 heavy (non-hydrogen) atoms. The lowest BCUT2D eigenvalue weighted by Crippen LogP contribution is -2.00.